The standard InChI is InChI=1S/C52H78F3NO15S/c1-30-16-12-11-13-17-31(2)42(66-8)28-38-21-19-36(7)51(63,70-38)48(60)49(61)56-23-15-14-18-39(56)50(62)69-43(29-40(57)32(3)25-35(6)46(59)47(68-10)45(58)34(5)24-30)33(4)26-37-20-22-41(44(27-37)67-9)71-72(64,65)52(53,54)55/h11-13,16-17,25,30,32-34,36-39,41-44,46-47,59,63H,14-15,18-24,26-29H2,1-10H3/b13-11+,16-12-,31-17+,35-25+/t30-,32-,33+,34-,36-,37?,38+,39+,41?,42+,43+,44?,46?,47+,51-/m1/s1. The predicted octanol–water partition coefficient (Wildman–Crippen LogP) is 7.05. The highest BCUT2D eigenvalue weighted by molar-refractivity contribution is 7.87. The Morgan fingerprint density at radius 1 is 0.861 bits per heavy atom. The van der Waals surface area contributed by atoms with Gasteiger partial charge in [-0.3, -0.25) is 23.4 Å². The van der Waals surface area contributed by atoms with Crippen molar-refractivity contribution in [3.8, 4) is 0 Å². The molecule has 15 atom stereocenters. The Hall–Kier alpha value is -3.63. The molecule has 16 nitrogen and oxygen atoms in total. The molecule has 1 aliphatic carbocycles. The predicted molar refractivity (Wildman–Crippen MR) is 259 cm³/mol. The molecule has 3 heterocycles. The number of alkyl halides is 3. The number of hydrogen-bond acceptors (Lipinski definition) is 15. The van der Waals surface area contributed by atoms with E-state index in [1.54, 1.807) is 34.6 Å². The molecular formula is C52H78F3NO15S. The van der Waals surface area contributed by atoms with Gasteiger partial charge in [0.15, 0.2) is 5.78 Å². The maximum atomic E-state index is 14.4. The van der Waals surface area contributed by atoms with E-state index in [1.165, 1.54) is 27.4 Å². The molecule has 2 N–H and O–H groups in total. The SMILES string of the molecule is COC1CC(C[C@H](C)[C@@H]2CC(=O)[C@H](C)/C=C(\C)C(O)[C@@H](OC)C(=O)[C@H](C)C[C@H](C)\C=C/C=C/C=C(\C)[C@@H](OC)C[C@@H]3CC[C@@H](C)[C@@](O)(O3)C(=O)C(=O)N3CCCC[C@H]3C(=O)O2)CCC1OS(=O)(=O)C(F)(F)F. The number of carbonyl (C=O) groups is 5. The maximum Gasteiger partial charge on any atom is 0.523 e. The number of allylic oxidation sites excluding steroid dienone is 6. The van der Waals surface area contributed by atoms with Crippen molar-refractivity contribution in [2.45, 2.75) is 186 Å². The molecule has 4 aliphatic rings. The number of hydrogen-bond donors (Lipinski definition) is 2. The lowest BCUT2D eigenvalue weighted by molar-refractivity contribution is -0.265. The van der Waals surface area contributed by atoms with Gasteiger partial charge in [-0.05, 0) is 107 Å². The third-order valence-electron chi connectivity index (χ3n) is 15.0. The largest absolute Gasteiger partial charge is 0.523 e. The zero-order valence-corrected chi connectivity index (χ0v) is 44.2. The van der Waals surface area contributed by atoms with E-state index in [0.717, 1.165) is 10.5 Å². The molecule has 0 aromatic carbocycles. The van der Waals surface area contributed by atoms with Gasteiger partial charge >= 0.3 is 21.6 Å². The molecule has 0 spiro atoms. The van der Waals surface area contributed by atoms with Gasteiger partial charge in [0.2, 0.25) is 5.79 Å². The number of methoxy groups -OCH3 is 3. The summed E-state index contributed by atoms with van der Waals surface area (Å²) in [7, 11) is -1.83. The third kappa shape index (κ3) is 15.7. The van der Waals surface area contributed by atoms with Crippen LogP contribution in [0.2, 0.25) is 0 Å². The van der Waals surface area contributed by atoms with Crippen molar-refractivity contribution in [3.63, 3.8) is 0 Å². The second-order valence-corrected chi connectivity index (χ2v) is 22.1. The number of rotatable bonds is 8. The van der Waals surface area contributed by atoms with E-state index in [1.807, 2.05) is 44.2 Å². The number of amides is 1. The lowest BCUT2D eigenvalue weighted by atomic mass is 9.78. The van der Waals surface area contributed by atoms with Crippen LogP contribution in [0.5, 0.6) is 0 Å². The normalized spacial score (nSPS) is 38.1. The Kier molecular flexibility index (Phi) is 22.6. The van der Waals surface area contributed by atoms with Crippen LogP contribution in [-0.4, -0.2) is 141 Å². The lowest BCUT2D eigenvalue weighted by Crippen LogP contribution is -2.61. The van der Waals surface area contributed by atoms with Crippen LogP contribution >= 0.6 is 0 Å². The van der Waals surface area contributed by atoms with Crippen molar-refractivity contribution < 1.29 is 83.6 Å². The second-order valence-electron chi connectivity index (χ2n) is 20.6. The molecule has 20 heteroatoms. The highest BCUT2D eigenvalue weighted by Gasteiger charge is 2.54. The van der Waals surface area contributed by atoms with E-state index in [2.05, 4.69) is 4.18 Å². The Bertz CT molecular complexity index is 2130. The Labute approximate surface area is 423 Å². The average Bonchev–Trinajstić information content (AvgIpc) is 3.32. The molecule has 408 valence electrons. The number of fused-ring (bicyclic) bond motifs is 3. The van der Waals surface area contributed by atoms with Gasteiger partial charge in [-0.25, -0.2) is 4.79 Å². The molecule has 2 bridgehead atoms. The summed E-state index contributed by atoms with van der Waals surface area (Å²) in [6.45, 7) is 12.1. The third-order valence-corrected chi connectivity index (χ3v) is 16.1. The van der Waals surface area contributed by atoms with Crippen LogP contribution in [0.3, 0.4) is 0 Å². The summed E-state index contributed by atoms with van der Waals surface area (Å²) < 4.78 is 97.1. The molecule has 4 rings (SSSR count). The zero-order valence-electron chi connectivity index (χ0n) is 43.4. The number of esters is 1. The number of carbonyl (C=O) groups excluding carboxylic acids is 5. The summed E-state index contributed by atoms with van der Waals surface area (Å²) in [6.07, 6.45) is 6.01. The number of cyclic esters (lactones) is 1. The van der Waals surface area contributed by atoms with Crippen LogP contribution in [0.25, 0.3) is 0 Å². The summed E-state index contributed by atoms with van der Waals surface area (Å²) in [6, 6.07) is -1.28. The van der Waals surface area contributed by atoms with Crippen molar-refractivity contribution in [2.75, 3.05) is 27.9 Å². The fraction of sp³-hybridized carbons (Fsp3) is 0.750. The summed E-state index contributed by atoms with van der Waals surface area (Å²) in [5.74, 6) is -9.68. The Balaban J connectivity index is 1.70. The fourth-order valence-electron chi connectivity index (χ4n) is 10.4. The van der Waals surface area contributed by atoms with Crippen LogP contribution in [0.15, 0.2) is 47.6 Å². The minimum atomic E-state index is -5.91. The number of ketones is 3. The van der Waals surface area contributed by atoms with Gasteiger partial charge in [0.05, 0.1) is 18.3 Å². The van der Waals surface area contributed by atoms with Crippen molar-refractivity contribution >= 4 is 39.3 Å². The molecule has 3 fully saturated rings. The van der Waals surface area contributed by atoms with Gasteiger partial charge in [-0.15, -0.1) is 0 Å². The van der Waals surface area contributed by atoms with Crippen molar-refractivity contribution in [2.24, 2.45) is 35.5 Å². The Morgan fingerprint density at radius 3 is 2.19 bits per heavy atom. The zero-order chi connectivity index (χ0) is 53.9. The van der Waals surface area contributed by atoms with Gasteiger partial charge in [0.25, 0.3) is 11.7 Å². The van der Waals surface area contributed by atoms with Gasteiger partial charge in [0, 0.05) is 58.5 Å². The van der Waals surface area contributed by atoms with Gasteiger partial charge in [-0.1, -0.05) is 71.1 Å². The van der Waals surface area contributed by atoms with Gasteiger partial charge in [0.1, 0.15) is 36.2 Å². The number of halogens is 3. The fourth-order valence-corrected chi connectivity index (χ4v) is 11.1. The lowest BCUT2D eigenvalue weighted by Gasteiger charge is -2.42. The molecule has 0 aromatic heterocycles. The van der Waals surface area contributed by atoms with Crippen LogP contribution in [0, 0.1) is 35.5 Å². The minimum Gasteiger partial charge on any atom is -0.460 e. The molecule has 0 aromatic rings. The number of aliphatic hydroxyl groups is 2. The summed E-state index contributed by atoms with van der Waals surface area (Å²) in [5, 5.41) is 23.4. The quantitative estimate of drug-likeness (QED) is 0.0818. The maximum absolute atomic E-state index is 14.4. The molecule has 3 aliphatic heterocycles. The smallest absolute Gasteiger partial charge is 0.460 e. The Morgan fingerprint density at radius 2 is 1.56 bits per heavy atom. The molecule has 1 saturated carbocycles. The molecule has 0 radical (unpaired) electrons. The highest BCUT2D eigenvalue weighted by atomic mass is 32.2. The summed E-state index contributed by atoms with van der Waals surface area (Å²) in [4.78, 5) is 72.0. The minimum absolute atomic E-state index is 0.0182. The van der Waals surface area contributed by atoms with Crippen LogP contribution < -0.4 is 0 Å². The van der Waals surface area contributed by atoms with Crippen LogP contribution in [0.4, 0.5) is 13.2 Å². The first kappa shape index (κ1) is 60.9. The first-order chi connectivity index (χ1) is 33.7. The van der Waals surface area contributed by atoms with Gasteiger partial charge < -0.3 is 38.8 Å². The first-order valence-electron chi connectivity index (χ1n) is 25.2. The van der Waals surface area contributed by atoms with Gasteiger partial charge in [-0.2, -0.15) is 21.6 Å². The van der Waals surface area contributed by atoms with Crippen molar-refractivity contribution in [3.05, 3.63) is 47.6 Å². The molecular weight excluding hydrogens is 968 g/mol. The molecule has 72 heavy (non-hydrogen) atoms. The van der Waals surface area contributed by atoms with Crippen molar-refractivity contribution in [1.82, 2.24) is 4.90 Å². The number of nitrogens with zero attached hydrogens (tertiary/aromatic N) is 1. The number of Topliss-reactive ketones (excluding diaryl/α,β-unsaturated/α-hetero) is 3. The second kappa shape index (κ2) is 26.7. The number of piperidine rings is 1. The molecule has 4 unspecified atom stereocenters. The number of ether oxygens (including phenoxy) is 5. The monoisotopic (exact) mass is 1050 g/mol. The van der Waals surface area contributed by atoms with E-state index in [0.29, 0.717) is 32.1 Å². The van der Waals surface area contributed by atoms with Crippen LogP contribution in [-0.2, 0) is 62.0 Å². The van der Waals surface area contributed by atoms with E-state index < -0.39 is 117 Å². The first-order valence-corrected chi connectivity index (χ1v) is 26.6. The van der Waals surface area contributed by atoms with Crippen molar-refractivity contribution in [1.29, 1.82) is 0 Å². The summed E-state index contributed by atoms with van der Waals surface area (Å²) >= 11 is 0. The molecule has 2 saturated heterocycles. The average molecular weight is 1050 g/mol. The number of aliphatic hydroxyl groups excluding tert-OH is 1. The highest BCUT2D eigenvalue weighted by Crippen LogP contribution is 2.39. The van der Waals surface area contributed by atoms with Crippen LogP contribution in [0.1, 0.15) is 126 Å². The van der Waals surface area contributed by atoms with E-state index in [-0.39, 0.29) is 74.7 Å². The molecule has 1 amide bonds. The topological polar surface area (TPSA) is 219 Å². The summed E-state index contributed by atoms with van der Waals surface area (Å²) in [5.41, 5.74) is -4.52. The van der Waals surface area contributed by atoms with E-state index in [4.69, 9.17) is 23.7 Å². The van der Waals surface area contributed by atoms with E-state index >= 15 is 0 Å². The van der Waals surface area contributed by atoms with E-state index in [9.17, 15) is 55.8 Å².